The average Bonchev–Trinajstić information content (AvgIpc) is 2.83. The van der Waals surface area contributed by atoms with Gasteiger partial charge < -0.3 is 9.84 Å². The van der Waals surface area contributed by atoms with Gasteiger partial charge in [-0.2, -0.15) is 0 Å². The topological polar surface area (TPSA) is 46.5 Å². The summed E-state index contributed by atoms with van der Waals surface area (Å²) in [6.45, 7) is 6.53. The van der Waals surface area contributed by atoms with Crippen molar-refractivity contribution in [3.05, 3.63) is 29.8 Å². The van der Waals surface area contributed by atoms with Crippen LogP contribution in [0.15, 0.2) is 24.3 Å². The van der Waals surface area contributed by atoms with Crippen LogP contribution in [0.2, 0.25) is 0 Å². The number of carbonyl (C=O) groups is 1. The number of rotatable bonds is 4. The van der Waals surface area contributed by atoms with Gasteiger partial charge in [-0.3, -0.25) is 4.79 Å². The van der Waals surface area contributed by atoms with Crippen LogP contribution < -0.4 is 4.74 Å². The maximum atomic E-state index is 11.2. The van der Waals surface area contributed by atoms with Gasteiger partial charge in [0.2, 0.25) is 0 Å². The maximum absolute atomic E-state index is 11.2. The van der Waals surface area contributed by atoms with E-state index in [1.165, 1.54) is 0 Å². The highest BCUT2D eigenvalue weighted by Crippen LogP contribution is 2.65. The molecule has 92 valence electrons. The van der Waals surface area contributed by atoms with Crippen LogP contribution in [0.25, 0.3) is 0 Å². The van der Waals surface area contributed by atoms with E-state index in [0.717, 1.165) is 11.3 Å². The molecule has 0 radical (unpaired) electrons. The highest BCUT2D eigenvalue weighted by Gasteiger charge is 2.63. The maximum Gasteiger partial charge on any atom is 0.307 e. The van der Waals surface area contributed by atoms with Gasteiger partial charge in [-0.25, -0.2) is 0 Å². The van der Waals surface area contributed by atoms with Crippen LogP contribution in [-0.2, 0) is 4.79 Å². The summed E-state index contributed by atoms with van der Waals surface area (Å²) in [7, 11) is 0. The van der Waals surface area contributed by atoms with Gasteiger partial charge in [-0.15, -0.1) is 0 Å². The van der Waals surface area contributed by atoms with E-state index in [2.05, 4.69) is 0 Å². The molecule has 0 saturated heterocycles. The molecular weight excluding hydrogens is 216 g/mol. The molecule has 1 aromatic carbocycles. The van der Waals surface area contributed by atoms with Gasteiger partial charge in [0.1, 0.15) is 5.75 Å². The van der Waals surface area contributed by atoms with Crippen LogP contribution in [0.4, 0.5) is 0 Å². The van der Waals surface area contributed by atoms with Crippen LogP contribution in [0, 0.1) is 11.3 Å². The summed E-state index contributed by atoms with van der Waals surface area (Å²) < 4.78 is 5.57. The zero-order valence-electron chi connectivity index (χ0n) is 10.4. The number of hydrogen-bond donors (Lipinski definition) is 1. The smallest absolute Gasteiger partial charge is 0.307 e. The van der Waals surface area contributed by atoms with Crippen LogP contribution in [-0.4, -0.2) is 17.7 Å². The fourth-order valence-electron chi connectivity index (χ4n) is 2.70. The number of carboxylic acid groups (broad SMARTS) is 1. The third kappa shape index (κ3) is 1.90. The molecule has 0 aromatic heterocycles. The Morgan fingerprint density at radius 1 is 1.41 bits per heavy atom. The van der Waals surface area contributed by atoms with Crippen molar-refractivity contribution < 1.29 is 14.6 Å². The highest BCUT2D eigenvalue weighted by atomic mass is 16.5. The summed E-state index contributed by atoms with van der Waals surface area (Å²) in [5.74, 6) is -0.144. The van der Waals surface area contributed by atoms with Crippen molar-refractivity contribution in [2.75, 3.05) is 6.61 Å². The third-order valence-corrected chi connectivity index (χ3v) is 3.65. The lowest BCUT2D eigenvalue weighted by molar-refractivity contribution is -0.139. The minimum Gasteiger partial charge on any atom is -0.494 e. The van der Waals surface area contributed by atoms with Crippen molar-refractivity contribution in [1.29, 1.82) is 0 Å². The van der Waals surface area contributed by atoms with Gasteiger partial charge in [0.05, 0.1) is 12.5 Å². The lowest BCUT2D eigenvalue weighted by atomic mass is 10.0. The Labute approximate surface area is 101 Å². The van der Waals surface area contributed by atoms with E-state index in [0.29, 0.717) is 6.61 Å². The molecule has 3 heteroatoms. The molecule has 0 heterocycles. The van der Waals surface area contributed by atoms with E-state index in [1.54, 1.807) is 0 Å². The third-order valence-electron chi connectivity index (χ3n) is 3.65. The van der Waals surface area contributed by atoms with E-state index < -0.39 is 5.97 Å². The average molecular weight is 234 g/mol. The molecule has 1 aliphatic rings. The van der Waals surface area contributed by atoms with Crippen LogP contribution in [0.5, 0.6) is 5.75 Å². The first-order chi connectivity index (χ1) is 8.00. The van der Waals surface area contributed by atoms with Crippen molar-refractivity contribution in [2.45, 2.75) is 26.7 Å². The lowest BCUT2D eigenvalue weighted by Crippen LogP contribution is -2.03. The zero-order chi connectivity index (χ0) is 12.6. The van der Waals surface area contributed by atoms with E-state index in [4.69, 9.17) is 4.74 Å². The molecule has 1 aromatic rings. The summed E-state index contributed by atoms with van der Waals surface area (Å²) in [6, 6.07) is 7.73. The molecule has 2 unspecified atom stereocenters. The highest BCUT2D eigenvalue weighted by molar-refractivity contribution is 5.78. The Balaban J connectivity index is 2.33. The summed E-state index contributed by atoms with van der Waals surface area (Å²) >= 11 is 0. The Morgan fingerprint density at radius 2 is 2.06 bits per heavy atom. The largest absolute Gasteiger partial charge is 0.494 e. The van der Waals surface area contributed by atoms with E-state index in [-0.39, 0.29) is 17.3 Å². The van der Waals surface area contributed by atoms with Crippen LogP contribution >= 0.6 is 0 Å². The molecule has 2 atom stereocenters. The number of hydrogen-bond acceptors (Lipinski definition) is 2. The van der Waals surface area contributed by atoms with Gasteiger partial charge in [0.15, 0.2) is 0 Å². The molecule has 1 N–H and O–H groups in total. The van der Waals surface area contributed by atoms with Gasteiger partial charge in [-0.1, -0.05) is 32.0 Å². The minimum absolute atomic E-state index is 0.0581. The zero-order valence-corrected chi connectivity index (χ0v) is 10.4. The van der Waals surface area contributed by atoms with Crippen molar-refractivity contribution in [3.8, 4) is 5.75 Å². The van der Waals surface area contributed by atoms with Gasteiger partial charge in [0.25, 0.3) is 0 Å². The summed E-state index contributed by atoms with van der Waals surface area (Å²) in [6.07, 6.45) is 0. The number of ether oxygens (including phenoxy) is 1. The molecule has 0 amide bonds. The first kappa shape index (κ1) is 12.0. The second kappa shape index (κ2) is 4.06. The molecular formula is C14H18O3. The summed E-state index contributed by atoms with van der Waals surface area (Å²) in [5.41, 5.74) is 0.839. The Morgan fingerprint density at radius 3 is 2.59 bits per heavy atom. The number of para-hydroxylation sites is 1. The van der Waals surface area contributed by atoms with E-state index >= 15 is 0 Å². The second-order valence-electron chi connectivity index (χ2n) is 5.09. The molecule has 3 nitrogen and oxygen atoms in total. The predicted octanol–water partition coefficient (Wildman–Crippen LogP) is 2.91. The Kier molecular flexibility index (Phi) is 2.86. The molecule has 0 spiro atoms. The van der Waals surface area contributed by atoms with Gasteiger partial charge in [0, 0.05) is 5.92 Å². The molecule has 0 bridgehead atoms. The molecule has 17 heavy (non-hydrogen) atoms. The fourth-order valence-corrected chi connectivity index (χ4v) is 2.70. The van der Waals surface area contributed by atoms with Crippen molar-refractivity contribution in [3.63, 3.8) is 0 Å². The van der Waals surface area contributed by atoms with Crippen molar-refractivity contribution in [2.24, 2.45) is 11.3 Å². The van der Waals surface area contributed by atoms with Gasteiger partial charge >= 0.3 is 5.97 Å². The van der Waals surface area contributed by atoms with E-state index in [9.17, 15) is 9.90 Å². The Bertz CT molecular complexity index is 437. The molecule has 1 fully saturated rings. The number of carboxylic acids is 1. The van der Waals surface area contributed by atoms with Crippen molar-refractivity contribution in [1.82, 2.24) is 0 Å². The summed E-state index contributed by atoms with van der Waals surface area (Å²) in [5, 5.41) is 9.20. The normalized spacial score (nSPS) is 25.4. The predicted molar refractivity (Wildman–Crippen MR) is 65.3 cm³/mol. The first-order valence-electron chi connectivity index (χ1n) is 5.94. The molecule has 1 saturated carbocycles. The molecule has 2 rings (SSSR count). The SMILES string of the molecule is CCOc1ccccc1C1C(C(=O)O)C1(C)C. The Hall–Kier alpha value is -1.51. The monoisotopic (exact) mass is 234 g/mol. The van der Waals surface area contributed by atoms with E-state index in [1.807, 2.05) is 45.0 Å². The van der Waals surface area contributed by atoms with Crippen LogP contribution in [0.3, 0.4) is 0 Å². The first-order valence-corrected chi connectivity index (χ1v) is 5.94. The van der Waals surface area contributed by atoms with Gasteiger partial charge in [-0.05, 0) is 24.0 Å². The molecule has 1 aliphatic carbocycles. The standard InChI is InChI=1S/C14H18O3/c1-4-17-10-8-6-5-7-9(10)11-12(13(15)16)14(11,2)3/h5-8,11-12H,4H2,1-3H3,(H,15,16). The number of aliphatic carboxylic acids is 1. The second-order valence-corrected chi connectivity index (χ2v) is 5.09. The minimum atomic E-state index is -0.716. The number of benzene rings is 1. The summed E-state index contributed by atoms with van der Waals surface area (Å²) in [4.78, 5) is 11.2. The quantitative estimate of drug-likeness (QED) is 0.871. The van der Waals surface area contributed by atoms with Crippen molar-refractivity contribution >= 4 is 5.97 Å². The van der Waals surface area contributed by atoms with Crippen LogP contribution in [0.1, 0.15) is 32.3 Å². The molecule has 0 aliphatic heterocycles. The lowest BCUT2D eigenvalue weighted by Gasteiger charge is -2.10. The fraction of sp³-hybridized carbons (Fsp3) is 0.500.